The molecule has 0 spiro atoms. The van der Waals surface area contributed by atoms with Crippen LogP contribution in [-0.4, -0.2) is 87.5 Å². The second-order valence-corrected chi connectivity index (χ2v) is 8.78. The van der Waals surface area contributed by atoms with Gasteiger partial charge in [-0.15, -0.1) is 24.0 Å². The van der Waals surface area contributed by atoms with Gasteiger partial charge in [0.2, 0.25) is 0 Å². The summed E-state index contributed by atoms with van der Waals surface area (Å²) in [5, 5.41) is 3.50. The molecule has 170 valence electrons. The van der Waals surface area contributed by atoms with E-state index in [4.69, 9.17) is 14.5 Å². The minimum Gasteiger partial charge on any atom is -0.376 e. The second kappa shape index (κ2) is 14.0. The average molecular weight is 523 g/mol. The number of halogens is 1. The van der Waals surface area contributed by atoms with E-state index >= 15 is 0 Å². The minimum atomic E-state index is 0. The number of hydrogen-bond donors (Lipinski definition) is 1. The van der Waals surface area contributed by atoms with E-state index in [2.05, 4.69) is 29.1 Å². The Balaban J connectivity index is 0.00000300. The Morgan fingerprint density at radius 1 is 1.07 bits per heavy atom. The van der Waals surface area contributed by atoms with Gasteiger partial charge < -0.3 is 24.6 Å². The Labute approximate surface area is 195 Å². The Kier molecular flexibility index (Phi) is 12.2. The van der Waals surface area contributed by atoms with Crippen LogP contribution in [-0.2, 0) is 9.47 Å². The highest BCUT2D eigenvalue weighted by molar-refractivity contribution is 14.0. The maximum Gasteiger partial charge on any atom is 0.193 e. The molecule has 1 N–H and O–H groups in total. The number of guanidine groups is 1. The van der Waals surface area contributed by atoms with Crippen LogP contribution in [0.15, 0.2) is 4.99 Å². The number of ether oxygens (including phenoxy) is 2. The zero-order valence-corrected chi connectivity index (χ0v) is 20.9. The second-order valence-electron chi connectivity index (χ2n) is 8.78. The molecule has 7 heteroatoms. The highest BCUT2D eigenvalue weighted by Gasteiger charge is 2.24. The van der Waals surface area contributed by atoms with Crippen molar-refractivity contribution in [3.8, 4) is 0 Å². The van der Waals surface area contributed by atoms with Crippen LogP contribution >= 0.6 is 24.0 Å². The molecule has 0 aromatic heterocycles. The molecule has 6 nitrogen and oxygen atoms in total. The van der Waals surface area contributed by atoms with Crippen molar-refractivity contribution in [1.82, 2.24) is 15.1 Å². The standard InChI is InChI=1S/C22H42N4O2.HI/c1-3-23-22(24-12-7-19-8-13-25(2)14-9-19)26-15-10-20(11-16-26)28-18-21-6-4-5-17-27-21;/h19-21H,3-18H2,1-2H3,(H,23,24);1H. The van der Waals surface area contributed by atoms with Crippen LogP contribution in [0, 0.1) is 5.92 Å². The normalized spacial score (nSPS) is 25.7. The van der Waals surface area contributed by atoms with Crippen LogP contribution in [0.3, 0.4) is 0 Å². The molecule has 0 bridgehead atoms. The van der Waals surface area contributed by atoms with E-state index in [1.54, 1.807) is 0 Å². The minimum absolute atomic E-state index is 0. The van der Waals surface area contributed by atoms with Gasteiger partial charge in [0.05, 0.1) is 18.8 Å². The number of hydrogen-bond acceptors (Lipinski definition) is 4. The van der Waals surface area contributed by atoms with Crippen LogP contribution in [0.5, 0.6) is 0 Å². The first kappa shape index (κ1) is 25.1. The van der Waals surface area contributed by atoms with Gasteiger partial charge in [0, 0.05) is 32.8 Å². The molecule has 1 unspecified atom stereocenters. The number of nitrogens with zero attached hydrogens (tertiary/aromatic N) is 3. The number of rotatable bonds is 7. The molecule has 29 heavy (non-hydrogen) atoms. The van der Waals surface area contributed by atoms with Crippen molar-refractivity contribution in [3.63, 3.8) is 0 Å². The van der Waals surface area contributed by atoms with Gasteiger partial charge in [-0.2, -0.15) is 0 Å². The monoisotopic (exact) mass is 522 g/mol. The molecule has 3 heterocycles. The lowest BCUT2D eigenvalue weighted by atomic mass is 9.94. The summed E-state index contributed by atoms with van der Waals surface area (Å²) < 4.78 is 12.0. The third-order valence-corrected chi connectivity index (χ3v) is 6.51. The fourth-order valence-electron chi connectivity index (χ4n) is 4.55. The lowest BCUT2D eigenvalue weighted by molar-refractivity contribution is -0.0721. The van der Waals surface area contributed by atoms with Crippen LogP contribution in [0.1, 0.15) is 58.3 Å². The summed E-state index contributed by atoms with van der Waals surface area (Å²) in [6, 6.07) is 0. The molecule has 0 saturated carbocycles. The lowest BCUT2D eigenvalue weighted by Crippen LogP contribution is -2.47. The van der Waals surface area contributed by atoms with Crippen LogP contribution in [0.4, 0.5) is 0 Å². The van der Waals surface area contributed by atoms with Gasteiger partial charge in [-0.3, -0.25) is 4.99 Å². The predicted molar refractivity (Wildman–Crippen MR) is 130 cm³/mol. The summed E-state index contributed by atoms with van der Waals surface area (Å²) in [5.74, 6) is 1.95. The maximum absolute atomic E-state index is 6.16. The van der Waals surface area contributed by atoms with Gasteiger partial charge in [-0.05, 0) is 84.3 Å². The molecule has 0 aromatic rings. The molecule has 0 radical (unpaired) electrons. The van der Waals surface area contributed by atoms with Gasteiger partial charge in [0.25, 0.3) is 0 Å². The summed E-state index contributed by atoms with van der Waals surface area (Å²) in [7, 11) is 2.23. The summed E-state index contributed by atoms with van der Waals surface area (Å²) in [6.07, 6.45) is 10.4. The molecular weight excluding hydrogens is 479 g/mol. The van der Waals surface area contributed by atoms with E-state index in [1.165, 1.54) is 45.2 Å². The van der Waals surface area contributed by atoms with Crippen LogP contribution < -0.4 is 5.32 Å². The summed E-state index contributed by atoms with van der Waals surface area (Å²) in [6.45, 7) is 10.3. The highest BCUT2D eigenvalue weighted by Crippen LogP contribution is 2.20. The quantitative estimate of drug-likeness (QED) is 0.316. The van der Waals surface area contributed by atoms with E-state index < -0.39 is 0 Å². The summed E-state index contributed by atoms with van der Waals surface area (Å²) in [5.41, 5.74) is 0. The van der Waals surface area contributed by atoms with Crippen molar-refractivity contribution >= 4 is 29.9 Å². The maximum atomic E-state index is 6.16. The molecule has 3 fully saturated rings. The van der Waals surface area contributed by atoms with Gasteiger partial charge >= 0.3 is 0 Å². The fraction of sp³-hybridized carbons (Fsp3) is 0.955. The van der Waals surface area contributed by atoms with Gasteiger partial charge in [-0.25, -0.2) is 0 Å². The van der Waals surface area contributed by atoms with Crippen molar-refractivity contribution in [2.45, 2.75) is 70.5 Å². The molecule has 3 aliphatic rings. The molecule has 0 aromatic carbocycles. The first-order chi connectivity index (χ1) is 13.7. The Bertz CT molecular complexity index is 458. The SMILES string of the molecule is CCNC(=NCCC1CCN(C)CC1)N1CCC(OCC2CCCCO2)CC1.I. The number of nitrogens with one attached hydrogen (secondary N) is 1. The average Bonchev–Trinajstić information content (AvgIpc) is 2.74. The zero-order chi connectivity index (χ0) is 19.6. The molecule has 3 aliphatic heterocycles. The zero-order valence-electron chi connectivity index (χ0n) is 18.6. The van der Waals surface area contributed by atoms with E-state index in [1.807, 2.05) is 0 Å². The largest absolute Gasteiger partial charge is 0.376 e. The molecular formula is C22H43IN4O2. The predicted octanol–water partition coefficient (Wildman–Crippen LogP) is 3.35. The number of likely N-dealkylation sites (tertiary alicyclic amines) is 2. The van der Waals surface area contributed by atoms with Crippen LogP contribution in [0.2, 0.25) is 0 Å². The van der Waals surface area contributed by atoms with E-state index in [0.717, 1.165) is 70.5 Å². The first-order valence-corrected chi connectivity index (χ1v) is 11.7. The molecule has 0 aliphatic carbocycles. The molecule has 1 atom stereocenters. The van der Waals surface area contributed by atoms with E-state index in [9.17, 15) is 0 Å². The third-order valence-electron chi connectivity index (χ3n) is 6.51. The van der Waals surface area contributed by atoms with Crippen molar-refractivity contribution in [3.05, 3.63) is 0 Å². The number of piperidine rings is 2. The van der Waals surface area contributed by atoms with Crippen LogP contribution in [0.25, 0.3) is 0 Å². The van der Waals surface area contributed by atoms with E-state index in [0.29, 0.717) is 12.2 Å². The topological polar surface area (TPSA) is 49.3 Å². The highest BCUT2D eigenvalue weighted by atomic mass is 127. The van der Waals surface area contributed by atoms with Crippen molar-refractivity contribution in [2.75, 3.05) is 59.5 Å². The Hall–Kier alpha value is -0.120. The van der Waals surface area contributed by atoms with Crippen molar-refractivity contribution < 1.29 is 9.47 Å². The third kappa shape index (κ3) is 8.87. The molecule has 0 amide bonds. The Morgan fingerprint density at radius 3 is 2.48 bits per heavy atom. The first-order valence-electron chi connectivity index (χ1n) is 11.7. The molecule has 3 saturated heterocycles. The van der Waals surface area contributed by atoms with Gasteiger partial charge in [0.1, 0.15) is 0 Å². The van der Waals surface area contributed by atoms with E-state index in [-0.39, 0.29) is 24.0 Å². The summed E-state index contributed by atoms with van der Waals surface area (Å²) in [4.78, 5) is 9.82. The number of aliphatic imine (C=N–C) groups is 1. The Morgan fingerprint density at radius 2 is 1.83 bits per heavy atom. The lowest BCUT2D eigenvalue weighted by Gasteiger charge is -2.35. The fourth-order valence-corrected chi connectivity index (χ4v) is 4.55. The van der Waals surface area contributed by atoms with Gasteiger partial charge in [0.15, 0.2) is 5.96 Å². The van der Waals surface area contributed by atoms with Gasteiger partial charge in [-0.1, -0.05) is 0 Å². The van der Waals surface area contributed by atoms with Crippen molar-refractivity contribution in [1.29, 1.82) is 0 Å². The summed E-state index contributed by atoms with van der Waals surface area (Å²) >= 11 is 0. The smallest absolute Gasteiger partial charge is 0.193 e. The molecule has 3 rings (SSSR count). The van der Waals surface area contributed by atoms with Crippen molar-refractivity contribution in [2.24, 2.45) is 10.9 Å².